The minimum Gasteiger partial charge on any atom is -0.457 e. The Balaban J connectivity index is 1.20. The van der Waals surface area contributed by atoms with Gasteiger partial charge in [0.05, 0.1) is 0 Å². The first kappa shape index (κ1) is 27.2. The number of hydrogen-bond acceptors (Lipinski definition) is 4. The molecule has 206 valence electrons. The van der Waals surface area contributed by atoms with E-state index in [2.05, 4.69) is 52.9 Å². The van der Waals surface area contributed by atoms with Gasteiger partial charge in [-0.05, 0) is 68.0 Å². The van der Waals surface area contributed by atoms with Crippen LogP contribution in [0, 0.1) is 5.92 Å². The third-order valence-electron chi connectivity index (χ3n) is 9.41. The Morgan fingerprint density at radius 2 is 1.61 bits per heavy atom. The smallest absolute Gasteiger partial charge is 0.243 e. The fourth-order valence-electron chi connectivity index (χ4n) is 7.03. The number of amides is 1. The van der Waals surface area contributed by atoms with Gasteiger partial charge < -0.3 is 9.64 Å². The van der Waals surface area contributed by atoms with Crippen LogP contribution in [0.2, 0.25) is 0 Å². The Labute approximate surface area is 230 Å². The fraction of sp³-hybridized carbons (Fsp3) is 0.606. The summed E-state index contributed by atoms with van der Waals surface area (Å²) in [5.74, 6) is 2.92. The molecule has 1 aliphatic carbocycles. The molecule has 5 heteroatoms. The molecule has 0 N–H and O–H groups in total. The zero-order valence-corrected chi connectivity index (χ0v) is 23.6. The van der Waals surface area contributed by atoms with E-state index in [-0.39, 0.29) is 5.54 Å². The Kier molecular flexibility index (Phi) is 9.06. The summed E-state index contributed by atoms with van der Waals surface area (Å²) in [5, 5.41) is 0. The lowest BCUT2D eigenvalue weighted by Gasteiger charge is -2.55. The van der Waals surface area contributed by atoms with Crippen molar-refractivity contribution in [3.05, 3.63) is 60.2 Å². The molecule has 38 heavy (non-hydrogen) atoms. The molecule has 1 atom stereocenters. The Morgan fingerprint density at radius 3 is 2.29 bits per heavy atom. The van der Waals surface area contributed by atoms with Crippen molar-refractivity contribution in [3.8, 4) is 11.5 Å². The van der Waals surface area contributed by atoms with Crippen LogP contribution in [-0.4, -0.2) is 65.4 Å². The molecule has 3 fully saturated rings. The highest BCUT2D eigenvalue weighted by molar-refractivity contribution is 5.87. The monoisotopic (exact) mass is 517 g/mol. The first-order valence-electron chi connectivity index (χ1n) is 15.1. The summed E-state index contributed by atoms with van der Waals surface area (Å²) < 4.78 is 5.96. The molecule has 0 radical (unpaired) electrons. The number of rotatable bonds is 9. The van der Waals surface area contributed by atoms with Crippen molar-refractivity contribution in [1.29, 1.82) is 0 Å². The summed E-state index contributed by atoms with van der Waals surface area (Å²) in [4.78, 5) is 21.3. The van der Waals surface area contributed by atoms with Crippen LogP contribution in [0.3, 0.4) is 0 Å². The van der Waals surface area contributed by atoms with Crippen molar-refractivity contribution in [2.24, 2.45) is 5.92 Å². The first-order chi connectivity index (χ1) is 18.6. The lowest BCUT2D eigenvalue weighted by Crippen LogP contribution is -2.70. The number of likely N-dealkylation sites (N-methyl/N-ethyl adjacent to an activating group) is 1. The maximum atomic E-state index is 14.0. The van der Waals surface area contributed by atoms with Crippen LogP contribution in [0.1, 0.15) is 76.7 Å². The van der Waals surface area contributed by atoms with Crippen molar-refractivity contribution in [3.63, 3.8) is 0 Å². The summed E-state index contributed by atoms with van der Waals surface area (Å²) in [5.41, 5.74) is 0.987. The highest BCUT2D eigenvalue weighted by Gasteiger charge is 2.52. The second kappa shape index (κ2) is 12.7. The maximum absolute atomic E-state index is 14.0. The molecule has 1 amide bonds. The van der Waals surface area contributed by atoms with Crippen LogP contribution in [0.15, 0.2) is 54.6 Å². The zero-order valence-electron chi connectivity index (χ0n) is 23.6. The van der Waals surface area contributed by atoms with E-state index in [1.54, 1.807) is 0 Å². The van der Waals surface area contributed by atoms with E-state index in [4.69, 9.17) is 4.74 Å². The summed E-state index contributed by atoms with van der Waals surface area (Å²) in [6, 6.07) is 18.8. The van der Waals surface area contributed by atoms with Gasteiger partial charge in [0.1, 0.15) is 17.0 Å². The summed E-state index contributed by atoms with van der Waals surface area (Å²) >= 11 is 0. The molecule has 5 nitrogen and oxygen atoms in total. The average Bonchev–Trinajstić information content (AvgIpc) is 2.96. The fourth-order valence-corrected chi connectivity index (χ4v) is 7.03. The zero-order chi connectivity index (χ0) is 26.4. The van der Waals surface area contributed by atoms with Gasteiger partial charge in [0.2, 0.25) is 5.91 Å². The van der Waals surface area contributed by atoms with Crippen LogP contribution in [0.25, 0.3) is 0 Å². The van der Waals surface area contributed by atoms with Gasteiger partial charge in [0.15, 0.2) is 0 Å². The highest BCUT2D eigenvalue weighted by atomic mass is 16.5. The predicted octanol–water partition coefficient (Wildman–Crippen LogP) is 6.73. The molecule has 2 heterocycles. The van der Waals surface area contributed by atoms with Crippen LogP contribution >= 0.6 is 0 Å². The van der Waals surface area contributed by atoms with Gasteiger partial charge >= 0.3 is 0 Å². The van der Waals surface area contributed by atoms with Crippen molar-refractivity contribution in [1.82, 2.24) is 14.7 Å². The van der Waals surface area contributed by atoms with E-state index < -0.39 is 0 Å². The number of ether oxygens (including phenoxy) is 1. The Morgan fingerprint density at radius 1 is 0.921 bits per heavy atom. The van der Waals surface area contributed by atoms with Crippen LogP contribution < -0.4 is 4.74 Å². The van der Waals surface area contributed by atoms with Gasteiger partial charge in [-0.2, -0.15) is 0 Å². The second-order valence-corrected chi connectivity index (χ2v) is 12.0. The number of piperazine rings is 1. The average molecular weight is 518 g/mol. The minimum atomic E-state index is -0.309. The third-order valence-corrected chi connectivity index (χ3v) is 9.41. The molecule has 2 aromatic rings. The van der Waals surface area contributed by atoms with E-state index >= 15 is 0 Å². The summed E-state index contributed by atoms with van der Waals surface area (Å²) in [6.07, 6.45) is 12.3. The van der Waals surface area contributed by atoms with Gasteiger partial charge in [-0.1, -0.05) is 75.8 Å². The molecule has 2 aliphatic heterocycles. The molecular weight excluding hydrogens is 470 g/mol. The standard InChI is InChI=1S/C33H47N3O2/c1-3-4-21-36-26-29(24-27-11-7-5-8-12-27)34(2)32(37)33(36)19-22-35(23-20-33)25-28-15-17-31(18-16-28)38-30-13-9-6-10-14-30/h6,9-10,13-18,27,29H,3-5,7-8,11-12,19-26H2,1-2H3/t29-/m0/s1. The predicted molar refractivity (Wildman–Crippen MR) is 154 cm³/mol. The maximum Gasteiger partial charge on any atom is 0.243 e. The lowest BCUT2D eigenvalue weighted by atomic mass is 9.78. The van der Waals surface area contributed by atoms with E-state index in [0.717, 1.165) is 63.0 Å². The quantitative estimate of drug-likeness (QED) is 0.370. The van der Waals surface area contributed by atoms with E-state index in [0.29, 0.717) is 11.9 Å². The van der Waals surface area contributed by atoms with E-state index in [9.17, 15) is 4.79 Å². The molecule has 0 unspecified atom stereocenters. The van der Waals surface area contributed by atoms with Gasteiger partial charge in [0, 0.05) is 39.3 Å². The number of likely N-dealkylation sites (tertiary alicyclic amines) is 1. The second-order valence-electron chi connectivity index (χ2n) is 12.0. The van der Waals surface area contributed by atoms with Crippen LogP contribution in [-0.2, 0) is 11.3 Å². The van der Waals surface area contributed by atoms with Gasteiger partial charge in [-0.25, -0.2) is 0 Å². The van der Waals surface area contributed by atoms with Crippen molar-refractivity contribution in [2.75, 3.05) is 33.2 Å². The third kappa shape index (κ3) is 6.26. The molecule has 2 aromatic carbocycles. The first-order valence-corrected chi connectivity index (χ1v) is 15.1. The number of benzene rings is 2. The number of piperidine rings is 1. The van der Waals surface area contributed by atoms with Gasteiger partial charge in [-0.15, -0.1) is 0 Å². The van der Waals surface area contributed by atoms with Crippen molar-refractivity contribution >= 4 is 5.91 Å². The number of carbonyl (C=O) groups is 1. The molecule has 1 saturated carbocycles. The number of nitrogens with zero attached hydrogens (tertiary/aromatic N) is 3. The van der Waals surface area contributed by atoms with Crippen LogP contribution in [0.5, 0.6) is 11.5 Å². The van der Waals surface area contributed by atoms with Gasteiger partial charge in [0.25, 0.3) is 0 Å². The molecule has 5 rings (SSSR count). The van der Waals surface area contributed by atoms with Crippen LogP contribution in [0.4, 0.5) is 0 Å². The van der Waals surface area contributed by atoms with E-state index in [1.807, 2.05) is 30.3 Å². The highest BCUT2D eigenvalue weighted by Crippen LogP contribution is 2.38. The Hall–Kier alpha value is -2.37. The molecular formula is C33H47N3O2. The minimum absolute atomic E-state index is 0.309. The topological polar surface area (TPSA) is 36.0 Å². The number of carbonyl (C=O) groups excluding carboxylic acids is 1. The SMILES string of the molecule is CCCCN1C[C@H](CC2CCCCC2)N(C)C(=O)C12CCN(Cc1ccc(Oc3ccccc3)cc1)CC2. The summed E-state index contributed by atoms with van der Waals surface area (Å²) in [6.45, 7) is 7.24. The Bertz CT molecular complexity index is 1010. The molecule has 1 spiro atoms. The molecule has 2 saturated heterocycles. The number of hydrogen-bond donors (Lipinski definition) is 0. The largest absolute Gasteiger partial charge is 0.457 e. The number of para-hydroxylation sites is 1. The summed E-state index contributed by atoms with van der Waals surface area (Å²) in [7, 11) is 2.10. The molecule has 3 aliphatic rings. The number of unbranched alkanes of at least 4 members (excludes halogenated alkanes) is 1. The lowest BCUT2D eigenvalue weighted by molar-refractivity contribution is -0.160. The van der Waals surface area contributed by atoms with Gasteiger partial charge in [-0.3, -0.25) is 14.6 Å². The normalized spacial score (nSPS) is 23.2. The van der Waals surface area contributed by atoms with E-state index in [1.165, 1.54) is 56.9 Å². The molecule has 0 aromatic heterocycles. The molecule has 0 bridgehead atoms. The van der Waals surface area contributed by atoms with Crippen molar-refractivity contribution in [2.45, 2.75) is 89.3 Å². The van der Waals surface area contributed by atoms with Crippen molar-refractivity contribution < 1.29 is 9.53 Å².